The van der Waals surface area contributed by atoms with Crippen molar-refractivity contribution >= 4 is 28.1 Å². The van der Waals surface area contributed by atoms with Gasteiger partial charge in [-0.2, -0.15) is 5.10 Å². The van der Waals surface area contributed by atoms with Crippen LogP contribution in [0, 0.1) is 5.82 Å². The maximum absolute atomic E-state index is 13.4. The molecule has 0 radical (unpaired) electrons. The van der Waals surface area contributed by atoms with Gasteiger partial charge >= 0.3 is 0 Å². The number of anilines is 1. The molecular formula is C25H20FN5O2. The van der Waals surface area contributed by atoms with E-state index in [0.717, 1.165) is 16.8 Å². The molecule has 3 aromatic heterocycles. The van der Waals surface area contributed by atoms with E-state index in [1.807, 2.05) is 13.0 Å². The molecule has 0 atom stereocenters. The lowest BCUT2D eigenvalue weighted by Crippen LogP contribution is -2.19. The number of nitrogens with one attached hydrogen (secondary N) is 1. The Morgan fingerprint density at radius 2 is 1.79 bits per heavy atom. The van der Waals surface area contributed by atoms with Gasteiger partial charge in [0.1, 0.15) is 5.82 Å². The monoisotopic (exact) mass is 441 g/mol. The van der Waals surface area contributed by atoms with E-state index in [2.05, 4.69) is 10.3 Å². The predicted octanol–water partition coefficient (Wildman–Crippen LogP) is 4.36. The zero-order valence-electron chi connectivity index (χ0n) is 18.0. The summed E-state index contributed by atoms with van der Waals surface area (Å²) >= 11 is 0. The van der Waals surface area contributed by atoms with Crippen LogP contribution in [-0.4, -0.2) is 25.1 Å². The minimum absolute atomic E-state index is 0.161. The Kier molecular flexibility index (Phi) is 4.97. The Balaban J connectivity index is 1.66. The number of carbonyl (C=O) groups excluding carboxylic acids is 1. The van der Waals surface area contributed by atoms with Gasteiger partial charge in [0.25, 0.3) is 5.56 Å². The van der Waals surface area contributed by atoms with Crippen molar-refractivity contribution in [2.45, 2.75) is 20.3 Å². The number of fused-ring (bicyclic) bond motifs is 3. The highest BCUT2D eigenvalue weighted by Crippen LogP contribution is 2.29. The number of pyridine rings is 1. The summed E-state index contributed by atoms with van der Waals surface area (Å²) in [5.74, 6) is -0.469. The van der Waals surface area contributed by atoms with E-state index in [1.165, 1.54) is 23.6 Å². The lowest BCUT2D eigenvalue weighted by molar-refractivity contribution is -0.114. The molecule has 8 heteroatoms. The highest BCUT2D eigenvalue weighted by Gasteiger charge is 2.18. The van der Waals surface area contributed by atoms with Crippen molar-refractivity contribution in [2.75, 3.05) is 5.32 Å². The summed E-state index contributed by atoms with van der Waals surface area (Å²) < 4.78 is 16.6. The van der Waals surface area contributed by atoms with Crippen molar-refractivity contribution in [1.29, 1.82) is 0 Å². The summed E-state index contributed by atoms with van der Waals surface area (Å²) in [5.41, 5.74) is 4.81. The van der Waals surface area contributed by atoms with Gasteiger partial charge in [0.15, 0.2) is 5.65 Å². The SMILES string of the molecule is CCc1nn2c(ncc3c(=O)n(-c4ccc(NC(C)=O)cc4)ccc32)c1-c1ccc(F)cc1. The van der Waals surface area contributed by atoms with Crippen molar-refractivity contribution < 1.29 is 9.18 Å². The molecule has 7 nitrogen and oxygen atoms in total. The summed E-state index contributed by atoms with van der Waals surface area (Å²) in [6.07, 6.45) is 3.92. The Morgan fingerprint density at radius 1 is 1.06 bits per heavy atom. The van der Waals surface area contributed by atoms with Crippen LogP contribution >= 0.6 is 0 Å². The third-order valence-electron chi connectivity index (χ3n) is 5.52. The van der Waals surface area contributed by atoms with Gasteiger partial charge in [-0.25, -0.2) is 13.9 Å². The second-order valence-electron chi connectivity index (χ2n) is 7.69. The Morgan fingerprint density at radius 3 is 2.45 bits per heavy atom. The average molecular weight is 441 g/mol. The van der Waals surface area contributed by atoms with E-state index >= 15 is 0 Å². The minimum Gasteiger partial charge on any atom is -0.326 e. The number of halogens is 1. The number of hydrogen-bond acceptors (Lipinski definition) is 4. The first kappa shape index (κ1) is 20.6. The lowest BCUT2D eigenvalue weighted by atomic mass is 10.0. The van der Waals surface area contributed by atoms with Crippen molar-refractivity contribution in [3.8, 4) is 16.8 Å². The number of nitrogens with zero attached hydrogens (tertiary/aromatic N) is 4. The van der Waals surface area contributed by atoms with E-state index in [-0.39, 0.29) is 17.3 Å². The van der Waals surface area contributed by atoms with Gasteiger partial charge in [-0.15, -0.1) is 0 Å². The van der Waals surface area contributed by atoms with Gasteiger partial charge in [0.2, 0.25) is 5.91 Å². The van der Waals surface area contributed by atoms with Crippen LogP contribution in [0.5, 0.6) is 0 Å². The van der Waals surface area contributed by atoms with Crippen LogP contribution in [0.2, 0.25) is 0 Å². The topological polar surface area (TPSA) is 81.3 Å². The number of amides is 1. The fourth-order valence-corrected chi connectivity index (χ4v) is 3.99. The summed E-state index contributed by atoms with van der Waals surface area (Å²) in [4.78, 5) is 29.1. The molecule has 0 spiro atoms. The zero-order valence-corrected chi connectivity index (χ0v) is 18.0. The highest BCUT2D eigenvalue weighted by atomic mass is 19.1. The van der Waals surface area contributed by atoms with Crippen molar-refractivity contribution in [2.24, 2.45) is 0 Å². The van der Waals surface area contributed by atoms with E-state index in [4.69, 9.17) is 5.10 Å². The first-order chi connectivity index (χ1) is 16.0. The first-order valence-electron chi connectivity index (χ1n) is 10.5. The van der Waals surface area contributed by atoms with Gasteiger partial charge in [0, 0.05) is 36.3 Å². The van der Waals surface area contributed by atoms with Crippen LogP contribution in [-0.2, 0) is 11.2 Å². The van der Waals surface area contributed by atoms with Crippen LogP contribution in [0.1, 0.15) is 19.5 Å². The Hall–Kier alpha value is -4.33. The van der Waals surface area contributed by atoms with Gasteiger partial charge < -0.3 is 5.32 Å². The Labute approximate surface area is 188 Å². The maximum Gasteiger partial charge on any atom is 0.266 e. The van der Waals surface area contributed by atoms with Gasteiger partial charge in [-0.05, 0) is 54.4 Å². The molecule has 0 unspecified atom stereocenters. The second kappa shape index (κ2) is 7.98. The molecule has 0 fully saturated rings. The molecule has 5 rings (SSSR count). The first-order valence-corrected chi connectivity index (χ1v) is 10.5. The molecule has 0 saturated carbocycles. The van der Waals surface area contributed by atoms with Crippen LogP contribution in [0.3, 0.4) is 0 Å². The normalized spacial score (nSPS) is 11.2. The van der Waals surface area contributed by atoms with E-state index < -0.39 is 0 Å². The molecule has 33 heavy (non-hydrogen) atoms. The standard InChI is InChI=1S/C25H20FN5O2/c1-3-21-23(16-4-6-17(26)7-5-16)24-27-14-20-22(31(24)29-21)12-13-30(25(20)33)19-10-8-18(9-11-19)28-15(2)32/h4-14H,3H2,1-2H3,(H,28,32). The number of rotatable bonds is 4. The molecule has 0 saturated heterocycles. The summed E-state index contributed by atoms with van der Waals surface area (Å²) in [6, 6.07) is 15.1. The molecule has 1 amide bonds. The van der Waals surface area contributed by atoms with Crippen LogP contribution in [0.15, 0.2) is 71.8 Å². The van der Waals surface area contributed by atoms with Crippen LogP contribution in [0.25, 0.3) is 33.4 Å². The fourth-order valence-electron chi connectivity index (χ4n) is 3.99. The minimum atomic E-state index is -0.308. The molecule has 1 N–H and O–H groups in total. The third kappa shape index (κ3) is 3.55. The molecule has 2 aromatic carbocycles. The van der Waals surface area contributed by atoms with E-state index in [1.54, 1.807) is 53.3 Å². The third-order valence-corrected chi connectivity index (χ3v) is 5.52. The Bertz CT molecular complexity index is 1570. The smallest absolute Gasteiger partial charge is 0.266 e. The van der Waals surface area contributed by atoms with Crippen LogP contribution < -0.4 is 10.9 Å². The summed E-state index contributed by atoms with van der Waals surface area (Å²) in [7, 11) is 0. The molecular weight excluding hydrogens is 421 g/mol. The molecule has 3 heterocycles. The van der Waals surface area contributed by atoms with Crippen molar-refractivity contribution in [1.82, 2.24) is 19.2 Å². The van der Waals surface area contributed by atoms with Gasteiger partial charge in [0.05, 0.1) is 16.6 Å². The summed E-state index contributed by atoms with van der Waals surface area (Å²) in [6.45, 7) is 3.44. The maximum atomic E-state index is 13.4. The van der Waals surface area contributed by atoms with Crippen molar-refractivity contribution in [3.05, 3.63) is 88.9 Å². The largest absolute Gasteiger partial charge is 0.326 e. The van der Waals surface area contributed by atoms with Crippen molar-refractivity contribution in [3.63, 3.8) is 0 Å². The van der Waals surface area contributed by atoms with E-state index in [9.17, 15) is 14.0 Å². The molecule has 164 valence electrons. The average Bonchev–Trinajstić information content (AvgIpc) is 3.19. The summed E-state index contributed by atoms with van der Waals surface area (Å²) in [5, 5.41) is 7.84. The fraction of sp³-hybridized carbons (Fsp3) is 0.120. The second-order valence-corrected chi connectivity index (χ2v) is 7.69. The highest BCUT2D eigenvalue weighted by molar-refractivity contribution is 5.89. The van der Waals surface area contributed by atoms with Gasteiger partial charge in [-0.3, -0.25) is 14.2 Å². The number of carbonyl (C=O) groups is 1. The molecule has 0 aliphatic heterocycles. The number of aryl methyl sites for hydroxylation is 1. The molecule has 0 aliphatic rings. The quantitative estimate of drug-likeness (QED) is 0.449. The number of aromatic nitrogens is 4. The van der Waals surface area contributed by atoms with E-state index in [0.29, 0.717) is 34.3 Å². The zero-order chi connectivity index (χ0) is 23.1. The lowest BCUT2D eigenvalue weighted by Gasteiger charge is -2.09. The number of benzene rings is 2. The van der Waals surface area contributed by atoms with Gasteiger partial charge in [-0.1, -0.05) is 19.1 Å². The molecule has 0 aliphatic carbocycles. The predicted molar refractivity (Wildman–Crippen MR) is 125 cm³/mol. The van der Waals surface area contributed by atoms with Crippen LogP contribution in [0.4, 0.5) is 10.1 Å². The number of hydrogen-bond donors (Lipinski definition) is 1. The molecule has 0 bridgehead atoms. The molecule has 5 aromatic rings.